The van der Waals surface area contributed by atoms with Gasteiger partial charge in [0.05, 0.1) is 0 Å². The molecule has 0 amide bonds. The molecule has 28 heavy (non-hydrogen) atoms. The molecule has 1 aromatic rings. The lowest BCUT2D eigenvalue weighted by Crippen LogP contribution is -2.58. The van der Waals surface area contributed by atoms with Crippen molar-refractivity contribution in [2.24, 2.45) is 0 Å². The zero-order chi connectivity index (χ0) is 20.3. The van der Waals surface area contributed by atoms with E-state index < -0.39 is 0 Å². The molecule has 0 unspecified atom stereocenters. The summed E-state index contributed by atoms with van der Waals surface area (Å²) in [4.78, 5) is 13.4. The molecular weight excluding hydrogens is 380 g/mol. The van der Waals surface area contributed by atoms with Crippen molar-refractivity contribution in [1.29, 1.82) is 10.8 Å². The van der Waals surface area contributed by atoms with Crippen LogP contribution in [0.1, 0.15) is 38.8 Å². The Labute approximate surface area is 170 Å². The normalized spacial score (nSPS) is 21.5. The molecule has 2 fully saturated rings. The predicted molar refractivity (Wildman–Crippen MR) is 112 cm³/mol. The van der Waals surface area contributed by atoms with Crippen LogP contribution < -0.4 is 16.0 Å². The second-order valence-electron chi connectivity index (χ2n) is 7.29. The van der Waals surface area contributed by atoms with Crippen LogP contribution in [0.4, 0.5) is 11.6 Å². The number of piperidine rings is 1. The van der Waals surface area contributed by atoms with Crippen molar-refractivity contribution in [3.05, 3.63) is 10.8 Å². The Balaban J connectivity index is 1.76. The minimum atomic E-state index is -0.326. The Hall–Kier alpha value is -1.97. The van der Waals surface area contributed by atoms with E-state index in [4.69, 9.17) is 32.9 Å². The van der Waals surface area contributed by atoms with Crippen molar-refractivity contribution in [3.63, 3.8) is 0 Å². The lowest BCUT2D eigenvalue weighted by Gasteiger charge is -2.46. The summed E-state index contributed by atoms with van der Waals surface area (Å²) >= 11 is 6.39. The van der Waals surface area contributed by atoms with Crippen LogP contribution in [-0.4, -0.2) is 71.5 Å². The minimum Gasteiger partial charge on any atom is -0.424 e. The number of hydrogen-bond acceptors (Lipinski definition) is 9. The third kappa shape index (κ3) is 4.53. The van der Waals surface area contributed by atoms with Crippen molar-refractivity contribution < 1.29 is 4.74 Å². The molecule has 3 heterocycles. The van der Waals surface area contributed by atoms with Crippen molar-refractivity contribution >= 4 is 35.0 Å². The molecule has 10 heteroatoms. The van der Waals surface area contributed by atoms with Gasteiger partial charge in [-0.25, -0.2) is 9.97 Å². The van der Waals surface area contributed by atoms with Crippen LogP contribution in [0.2, 0.25) is 5.15 Å². The van der Waals surface area contributed by atoms with Gasteiger partial charge in [0.2, 0.25) is 5.90 Å². The average molecular weight is 409 g/mol. The molecule has 2 aliphatic rings. The summed E-state index contributed by atoms with van der Waals surface area (Å²) in [7, 11) is 0. The summed E-state index contributed by atoms with van der Waals surface area (Å²) in [5.74, 6) is 0.185. The van der Waals surface area contributed by atoms with Gasteiger partial charge in [-0.1, -0.05) is 18.5 Å². The van der Waals surface area contributed by atoms with Crippen molar-refractivity contribution in [2.45, 2.75) is 45.2 Å². The maximum Gasteiger partial charge on any atom is 0.243 e. The number of anilines is 2. The highest BCUT2D eigenvalue weighted by Gasteiger charge is 2.33. The molecule has 0 aliphatic carbocycles. The van der Waals surface area contributed by atoms with E-state index >= 15 is 0 Å². The largest absolute Gasteiger partial charge is 0.424 e. The first-order valence-electron chi connectivity index (χ1n) is 9.77. The van der Waals surface area contributed by atoms with Crippen molar-refractivity contribution in [3.8, 4) is 0 Å². The summed E-state index contributed by atoms with van der Waals surface area (Å²) < 4.78 is 4.97. The van der Waals surface area contributed by atoms with E-state index in [0.717, 1.165) is 39.1 Å². The van der Waals surface area contributed by atoms with Gasteiger partial charge in [0.1, 0.15) is 0 Å². The fraction of sp³-hybridized carbons (Fsp3) is 0.667. The number of piperazine rings is 1. The first-order valence-corrected chi connectivity index (χ1v) is 10.1. The lowest BCUT2D eigenvalue weighted by molar-refractivity contribution is 0.0936. The van der Waals surface area contributed by atoms with Gasteiger partial charge in [-0.15, -0.1) is 0 Å². The molecule has 154 valence electrons. The zero-order valence-corrected chi connectivity index (χ0v) is 17.2. The van der Waals surface area contributed by atoms with Crippen LogP contribution in [0, 0.1) is 10.8 Å². The van der Waals surface area contributed by atoms with E-state index in [2.05, 4.69) is 32.0 Å². The van der Waals surface area contributed by atoms with Crippen LogP contribution in [0.15, 0.2) is 0 Å². The molecule has 3 rings (SSSR count). The van der Waals surface area contributed by atoms with E-state index in [1.165, 1.54) is 19.8 Å². The molecule has 1 atom stereocenters. The van der Waals surface area contributed by atoms with E-state index in [1.54, 1.807) is 0 Å². The molecule has 2 aliphatic heterocycles. The number of nitrogen functional groups attached to an aromatic ring is 1. The number of halogens is 1. The van der Waals surface area contributed by atoms with Gasteiger partial charge in [0, 0.05) is 38.6 Å². The van der Waals surface area contributed by atoms with Gasteiger partial charge in [0.25, 0.3) is 0 Å². The van der Waals surface area contributed by atoms with Gasteiger partial charge in [-0.05, 0) is 32.4 Å². The van der Waals surface area contributed by atoms with E-state index in [0.29, 0.717) is 17.9 Å². The van der Waals surface area contributed by atoms with Gasteiger partial charge in [-0.3, -0.25) is 15.7 Å². The van der Waals surface area contributed by atoms with Gasteiger partial charge in [0.15, 0.2) is 28.4 Å². The SMILES string of the molecule is CC[C@H]1CN(c2nc(N)c(C(=N)OC(C)=N)nc2Cl)CCN1C1CCNCC1. The minimum absolute atomic E-state index is 0.0562. The highest BCUT2D eigenvalue weighted by Crippen LogP contribution is 2.29. The van der Waals surface area contributed by atoms with Crippen LogP contribution in [0.25, 0.3) is 0 Å². The third-order valence-corrected chi connectivity index (χ3v) is 5.66. The second-order valence-corrected chi connectivity index (χ2v) is 7.64. The van der Waals surface area contributed by atoms with E-state index in [9.17, 15) is 0 Å². The van der Waals surface area contributed by atoms with Crippen molar-refractivity contribution in [2.75, 3.05) is 43.4 Å². The summed E-state index contributed by atoms with van der Waals surface area (Å²) in [5, 5.41) is 18.9. The summed E-state index contributed by atoms with van der Waals surface area (Å²) in [6.45, 7) is 8.39. The number of nitrogens with one attached hydrogen (secondary N) is 3. The van der Waals surface area contributed by atoms with E-state index in [-0.39, 0.29) is 28.5 Å². The van der Waals surface area contributed by atoms with Crippen LogP contribution in [-0.2, 0) is 4.74 Å². The highest BCUT2D eigenvalue weighted by molar-refractivity contribution is 6.32. The van der Waals surface area contributed by atoms with Gasteiger partial charge < -0.3 is 20.7 Å². The lowest BCUT2D eigenvalue weighted by atomic mass is 9.99. The van der Waals surface area contributed by atoms with E-state index in [1.807, 2.05) is 0 Å². The standard InChI is InChI=1S/C18H29ClN8O/c1-3-12-10-26(8-9-27(12)13-4-6-23-7-5-13)18-15(19)24-14(16(21)25-18)17(22)28-11(2)20/h12-13,20,22-23H,3-10H2,1-2H3,(H2,21,25)/t12-/m0/s1. The third-order valence-electron chi connectivity index (χ3n) is 5.41. The first kappa shape index (κ1) is 20.8. The van der Waals surface area contributed by atoms with Crippen molar-refractivity contribution in [1.82, 2.24) is 20.2 Å². The Morgan fingerprint density at radius 3 is 2.64 bits per heavy atom. The summed E-state index contributed by atoms with van der Waals surface area (Å²) in [6.07, 6.45) is 3.43. The number of nitrogens with zero attached hydrogens (tertiary/aromatic N) is 4. The smallest absolute Gasteiger partial charge is 0.243 e. The summed E-state index contributed by atoms with van der Waals surface area (Å²) in [6, 6.07) is 1.06. The second kappa shape index (κ2) is 9.02. The molecule has 5 N–H and O–H groups in total. The molecule has 0 saturated carbocycles. The zero-order valence-electron chi connectivity index (χ0n) is 16.5. The monoisotopic (exact) mass is 408 g/mol. The molecule has 9 nitrogen and oxygen atoms in total. The van der Waals surface area contributed by atoms with Crippen LogP contribution >= 0.6 is 11.6 Å². The molecule has 0 spiro atoms. The first-order chi connectivity index (χ1) is 13.4. The van der Waals surface area contributed by atoms with Crippen LogP contribution in [0.3, 0.4) is 0 Å². The number of nitrogens with two attached hydrogens (primary N) is 1. The number of aromatic nitrogens is 2. The van der Waals surface area contributed by atoms with Gasteiger partial charge >= 0.3 is 0 Å². The summed E-state index contributed by atoms with van der Waals surface area (Å²) in [5.41, 5.74) is 6.07. The van der Waals surface area contributed by atoms with Crippen LogP contribution in [0.5, 0.6) is 0 Å². The fourth-order valence-corrected chi connectivity index (χ4v) is 4.28. The topological polar surface area (TPSA) is 127 Å². The maximum absolute atomic E-state index is 7.88. The molecule has 1 aromatic heterocycles. The van der Waals surface area contributed by atoms with Gasteiger partial charge in [-0.2, -0.15) is 0 Å². The highest BCUT2D eigenvalue weighted by atomic mass is 35.5. The maximum atomic E-state index is 7.88. The molecule has 0 bridgehead atoms. The molecule has 2 saturated heterocycles. The Morgan fingerprint density at radius 1 is 1.29 bits per heavy atom. The Kier molecular flexibility index (Phi) is 6.69. The average Bonchev–Trinajstić information content (AvgIpc) is 2.69. The number of rotatable bonds is 4. The molecule has 0 radical (unpaired) electrons. The number of hydrogen-bond donors (Lipinski definition) is 4. The quantitative estimate of drug-likeness (QED) is 0.441. The molecule has 0 aromatic carbocycles. The molecular formula is C18H29ClN8O. The predicted octanol–water partition coefficient (Wildman–Crippen LogP) is 1.70. The fourth-order valence-electron chi connectivity index (χ4n) is 4.03. The Bertz CT molecular complexity index is 737. The number of ether oxygens (including phenoxy) is 1. The Morgan fingerprint density at radius 2 is 2.00 bits per heavy atom.